The number of nitrogens with two attached hydrogens (primary N) is 1. The Morgan fingerprint density at radius 1 is 1.14 bits per heavy atom. The number of carbonyl (C=O) groups excluding carboxylic acids is 1. The van der Waals surface area contributed by atoms with Crippen molar-refractivity contribution in [2.75, 3.05) is 29.0 Å². The summed E-state index contributed by atoms with van der Waals surface area (Å²) in [6, 6.07) is 10.8. The monoisotopic (exact) mass is 296 g/mol. The molecule has 1 aliphatic rings. The van der Waals surface area contributed by atoms with E-state index in [9.17, 15) is 4.79 Å². The second-order valence-electron chi connectivity index (χ2n) is 5.53. The molecule has 2 heterocycles. The zero-order chi connectivity index (χ0) is 15.4. The fourth-order valence-electron chi connectivity index (χ4n) is 2.65. The topological polar surface area (TPSA) is 71.2 Å². The van der Waals surface area contributed by atoms with Gasteiger partial charge in [-0.25, -0.2) is 4.98 Å². The van der Waals surface area contributed by atoms with Crippen LogP contribution in [0.4, 0.5) is 17.2 Å². The Labute approximate surface area is 130 Å². The molecule has 1 aliphatic heterocycles. The summed E-state index contributed by atoms with van der Waals surface area (Å²) >= 11 is 0. The lowest BCUT2D eigenvalue weighted by Gasteiger charge is -2.27. The summed E-state index contributed by atoms with van der Waals surface area (Å²) in [6.07, 6.45) is 5.43. The van der Waals surface area contributed by atoms with Gasteiger partial charge in [0.25, 0.3) is 5.91 Å². The van der Waals surface area contributed by atoms with Crippen LogP contribution in [0.3, 0.4) is 0 Å². The van der Waals surface area contributed by atoms with Crippen LogP contribution in [0.2, 0.25) is 0 Å². The van der Waals surface area contributed by atoms with Crippen LogP contribution in [0, 0.1) is 0 Å². The number of piperidine rings is 1. The summed E-state index contributed by atoms with van der Waals surface area (Å²) in [7, 11) is 0. The number of benzene rings is 1. The highest BCUT2D eigenvalue weighted by atomic mass is 16.1. The van der Waals surface area contributed by atoms with E-state index in [1.807, 2.05) is 12.1 Å². The molecule has 0 aliphatic carbocycles. The maximum Gasteiger partial charge on any atom is 0.255 e. The minimum atomic E-state index is -0.181. The molecule has 0 bridgehead atoms. The van der Waals surface area contributed by atoms with E-state index in [4.69, 9.17) is 5.73 Å². The molecule has 3 N–H and O–H groups in total. The highest BCUT2D eigenvalue weighted by Gasteiger charge is 2.12. The van der Waals surface area contributed by atoms with Crippen LogP contribution in [0.5, 0.6) is 0 Å². The van der Waals surface area contributed by atoms with Gasteiger partial charge in [-0.15, -0.1) is 0 Å². The fraction of sp³-hybridized carbons (Fsp3) is 0.294. The second-order valence-corrected chi connectivity index (χ2v) is 5.53. The molecule has 0 radical (unpaired) electrons. The Morgan fingerprint density at radius 2 is 1.95 bits per heavy atom. The quantitative estimate of drug-likeness (QED) is 0.854. The maximum absolute atomic E-state index is 12.1. The summed E-state index contributed by atoms with van der Waals surface area (Å²) in [5.74, 6) is 0.793. The number of anilines is 3. The van der Waals surface area contributed by atoms with Gasteiger partial charge < -0.3 is 16.0 Å². The van der Waals surface area contributed by atoms with Gasteiger partial charge in [-0.2, -0.15) is 0 Å². The molecule has 1 saturated heterocycles. The molecule has 1 aromatic heterocycles. The van der Waals surface area contributed by atoms with Crippen LogP contribution in [0.25, 0.3) is 0 Å². The van der Waals surface area contributed by atoms with Gasteiger partial charge in [0, 0.05) is 24.3 Å². The summed E-state index contributed by atoms with van der Waals surface area (Å²) in [6.45, 7) is 2.12. The Morgan fingerprint density at radius 3 is 2.64 bits per heavy atom. The van der Waals surface area contributed by atoms with Crippen molar-refractivity contribution >= 4 is 23.1 Å². The number of hydrogen-bond acceptors (Lipinski definition) is 4. The van der Waals surface area contributed by atoms with Crippen molar-refractivity contribution in [2.24, 2.45) is 0 Å². The van der Waals surface area contributed by atoms with Crippen LogP contribution in [0.1, 0.15) is 29.6 Å². The number of pyridine rings is 1. The van der Waals surface area contributed by atoms with E-state index in [-0.39, 0.29) is 5.91 Å². The van der Waals surface area contributed by atoms with E-state index in [1.54, 1.807) is 30.5 Å². The normalized spacial score (nSPS) is 14.6. The molecular weight excluding hydrogens is 276 g/mol. The molecule has 1 fully saturated rings. The number of nitrogens with zero attached hydrogens (tertiary/aromatic N) is 2. The van der Waals surface area contributed by atoms with E-state index in [1.165, 1.54) is 19.3 Å². The van der Waals surface area contributed by atoms with E-state index in [0.717, 1.165) is 18.9 Å². The smallest absolute Gasteiger partial charge is 0.255 e. The number of hydrogen-bond donors (Lipinski definition) is 2. The third-order valence-electron chi connectivity index (χ3n) is 3.83. The Hall–Kier alpha value is -2.56. The Balaban J connectivity index is 1.66. The van der Waals surface area contributed by atoms with Crippen LogP contribution in [-0.4, -0.2) is 24.0 Å². The van der Waals surface area contributed by atoms with Gasteiger partial charge in [0.15, 0.2) is 0 Å². The first-order valence-electron chi connectivity index (χ1n) is 7.60. The van der Waals surface area contributed by atoms with Gasteiger partial charge in [-0.3, -0.25) is 4.79 Å². The third-order valence-corrected chi connectivity index (χ3v) is 3.83. The lowest BCUT2D eigenvalue weighted by atomic mass is 10.1. The molecule has 3 rings (SSSR count). The molecule has 2 aromatic rings. The average Bonchev–Trinajstić information content (AvgIpc) is 2.56. The zero-order valence-electron chi connectivity index (χ0n) is 12.5. The highest BCUT2D eigenvalue weighted by Crippen LogP contribution is 2.19. The van der Waals surface area contributed by atoms with Crippen molar-refractivity contribution in [1.29, 1.82) is 0 Å². The van der Waals surface area contributed by atoms with Crippen molar-refractivity contribution in [1.82, 2.24) is 4.98 Å². The number of rotatable bonds is 3. The fourth-order valence-corrected chi connectivity index (χ4v) is 2.65. The highest BCUT2D eigenvalue weighted by molar-refractivity contribution is 6.04. The molecular formula is C17H20N4O. The summed E-state index contributed by atoms with van der Waals surface area (Å²) < 4.78 is 0. The predicted octanol–water partition coefficient (Wildman–Crippen LogP) is 2.91. The first-order valence-corrected chi connectivity index (χ1v) is 7.60. The Kier molecular flexibility index (Phi) is 4.23. The first kappa shape index (κ1) is 14.4. The minimum Gasteiger partial charge on any atom is -0.399 e. The summed E-state index contributed by atoms with van der Waals surface area (Å²) in [4.78, 5) is 18.9. The van der Waals surface area contributed by atoms with Gasteiger partial charge >= 0.3 is 0 Å². The van der Waals surface area contributed by atoms with Crippen LogP contribution in [0.15, 0.2) is 42.6 Å². The zero-order valence-corrected chi connectivity index (χ0v) is 12.5. The largest absolute Gasteiger partial charge is 0.399 e. The molecule has 1 amide bonds. The molecule has 1 aromatic carbocycles. The number of amides is 1. The lowest BCUT2D eigenvalue weighted by molar-refractivity contribution is 0.102. The van der Waals surface area contributed by atoms with Gasteiger partial charge in [0.05, 0.1) is 11.9 Å². The van der Waals surface area contributed by atoms with E-state index in [2.05, 4.69) is 15.2 Å². The van der Waals surface area contributed by atoms with Gasteiger partial charge in [0.1, 0.15) is 5.82 Å². The van der Waals surface area contributed by atoms with Crippen LogP contribution < -0.4 is 16.0 Å². The molecule has 0 saturated carbocycles. The van der Waals surface area contributed by atoms with E-state index < -0.39 is 0 Å². The first-order chi connectivity index (χ1) is 10.7. The Bertz CT molecular complexity index is 648. The molecule has 0 unspecified atom stereocenters. The molecule has 5 heteroatoms. The van der Waals surface area contributed by atoms with Crippen LogP contribution >= 0.6 is 0 Å². The minimum absolute atomic E-state index is 0.181. The standard InChI is InChI=1S/C17H20N4O/c18-14-6-4-5-13(11-14)17(22)20-15-7-8-16(19-12-15)21-9-2-1-3-10-21/h4-8,11-12H,1-3,9-10,18H2,(H,20,22). The van der Waals surface area contributed by atoms with E-state index in [0.29, 0.717) is 16.9 Å². The van der Waals surface area contributed by atoms with Gasteiger partial charge in [-0.05, 0) is 49.6 Å². The maximum atomic E-state index is 12.1. The second kappa shape index (κ2) is 6.47. The van der Waals surface area contributed by atoms with Crippen molar-refractivity contribution in [2.45, 2.75) is 19.3 Å². The number of nitrogen functional groups attached to an aromatic ring is 1. The summed E-state index contributed by atoms with van der Waals surface area (Å²) in [5.41, 5.74) is 7.50. The summed E-state index contributed by atoms with van der Waals surface area (Å²) in [5, 5.41) is 2.84. The molecule has 0 spiro atoms. The lowest BCUT2D eigenvalue weighted by Crippen LogP contribution is -2.30. The van der Waals surface area contributed by atoms with Crippen molar-refractivity contribution in [3.8, 4) is 0 Å². The average molecular weight is 296 g/mol. The molecule has 5 nitrogen and oxygen atoms in total. The van der Waals surface area contributed by atoms with Gasteiger partial charge in [-0.1, -0.05) is 6.07 Å². The van der Waals surface area contributed by atoms with Crippen molar-refractivity contribution in [3.63, 3.8) is 0 Å². The molecule has 22 heavy (non-hydrogen) atoms. The number of carbonyl (C=O) groups is 1. The van der Waals surface area contributed by atoms with E-state index >= 15 is 0 Å². The van der Waals surface area contributed by atoms with Gasteiger partial charge in [0.2, 0.25) is 0 Å². The number of aromatic nitrogens is 1. The predicted molar refractivity (Wildman–Crippen MR) is 89.1 cm³/mol. The van der Waals surface area contributed by atoms with Crippen LogP contribution in [-0.2, 0) is 0 Å². The molecule has 114 valence electrons. The number of nitrogens with one attached hydrogen (secondary N) is 1. The van der Waals surface area contributed by atoms with Crippen molar-refractivity contribution < 1.29 is 4.79 Å². The molecule has 0 atom stereocenters. The van der Waals surface area contributed by atoms with Crippen molar-refractivity contribution in [3.05, 3.63) is 48.2 Å². The third kappa shape index (κ3) is 3.36. The SMILES string of the molecule is Nc1cccc(C(=O)Nc2ccc(N3CCCCC3)nc2)c1.